The number of hydrogen-bond acceptors (Lipinski definition) is 5. The molecule has 0 atom stereocenters. The van der Waals surface area contributed by atoms with Crippen LogP contribution in [0.2, 0.25) is 5.02 Å². The predicted octanol–water partition coefficient (Wildman–Crippen LogP) is 3.95. The van der Waals surface area contributed by atoms with Crippen LogP contribution in [0.5, 0.6) is 5.75 Å². The molecule has 11 heteroatoms. The molecule has 0 aromatic heterocycles. The number of alkyl halides is 3. The number of carbonyl (C=O) groups is 1. The van der Waals surface area contributed by atoms with Gasteiger partial charge in [-0.25, -0.2) is 13.2 Å². The Morgan fingerprint density at radius 2 is 1.78 bits per heavy atom. The number of anilines is 1. The fourth-order valence-electron chi connectivity index (χ4n) is 2.10. The van der Waals surface area contributed by atoms with Crippen molar-refractivity contribution >= 4 is 33.3 Å². The lowest BCUT2D eigenvalue weighted by atomic mass is 10.2. The Bertz CT molecular complexity index is 977. The van der Waals surface area contributed by atoms with Gasteiger partial charge in [-0.2, -0.15) is 13.2 Å². The number of methoxy groups -OCH3 is 2. The number of rotatable bonds is 5. The van der Waals surface area contributed by atoms with E-state index >= 15 is 0 Å². The first-order valence-corrected chi connectivity index (χ1v) is 9.01. The zero-order chi connectivity index (χ0) is 20.4. The van der Waals surface area contributed by atoms with Crippen molar-refractivity contribution in [3.05, 3.63) is 52.5 Å². The molecule has 0 amide bonds. The molecular weight excluding hydrogens is 411 g/mol. The summed E-state index contributed by atoms with van der Waals surface area (Å²) in [5.41, 5.74) is -1.59. The number of benzene rings is 2. The number of nitrogens with one attached hydrogen (secondary N) is 1. The topological polar surface area (TPSA) is 81.7 Å². The summed E-state index contributed by atoms with van der Waals surface area (Å²) in [6.07, 6.45) is -4.76. The third-order valence-electron chi connectivity index (χ3n) is 3.42. The highest BCUT2D eigenvalue weighted by molar-refractivity contribution is 7.92. The van der Waals surface area contributed by atoms with E-state index in [2.05, 4.69) is 9.46 Å². The molecule has 2 rings (SSSR count). The van der Waals surface area contributed by atoms with E-state index in [-0.39, 0.29) is 17.0 Å². The molecule has 0 spiro atoms. The van der Waals surface area contributed by atoms with Crippen molar-refractivity contribution in [3.8, 4) is 5.75 Å². The lowest BCUT2D eigenvalue weighted by Gasteiger charge is -2.15. The van der Waals surface area contributed by atoms with Gasteiger partial charge in [-0.1, -0.05) is 11.6 Å². The van der Waals surface area contributed by atoms with Crippen LogP contribution in [-0.2, 0) is 20.9 Å². The van der Waals surface area contributed by atoms with Crippen LogP contribution in [0.4, 0.5) is 18.9 Å². The van der Waals surface area contributed by atoms with E-state index in [1.54, 1.807) is 0 Å². The minimum Gasteiger partial charge on any atom is -0.497 e. The van der Waals surface area contributed by atoms with Gasteiger partial charge in [-0.3, -0.25) is 4.72 Å². The molecule has 0 unspecified atom stereocenters. The molecule has 0 fully saturated rings. The average Bonchev–Trinajstić information content (AvgIpc) is 2.60. The molecule has 0 aliphatic carbocycles. The van der Waals surface area contributed by atoms with Crippen LogP contribution in [-0.4, -0.2) is 28.6 Å². The summed E-state index contributed by atoms with van der Waals surface area (Å²) in [7, 11) is -2.12. The first kappa shape index (κ1) is 20.8. The summed E-state index contributed by atoms with van der Waals surface area (Å²) in [5.74, 6) is -0.628. The Morgan fingerprint density at radius 3 is 2.33 bits per heavy atom. The standard InChI is InChI=1S/C16H13ClF3NO5S/c1-25-10-4-6-13(11(8-10)15(22)26-2)21-27(23,24)14-7-9(16(18,19)20)3-5-12(14)17/h3-8,21H,1-2H3. The molecule has 6 nitrogen and oxygen atoms in total. The van der Waals surface area contributed by atoms with Gasteiger partial charge in [-0.05, 0) is 36.4 Å². The van der Waals surface area contributed by atoms with Gasteiger partial charge in [0.2, 0.25) is 0 Å². The molecule has 2 aromatic rings. The van der Waals surface area contributed by atoms with E-state index in [0.717, 1.165) is 13.2 Å². The molecule has 0 aliphatic heterocycles. The number of esters is 1. The lowest BCUT2D eigenvalue weighted by molar-refractivity contribution is -0.137. The van der Waals surface area contributed by atoms with Crippen molar-refractivity contribution in [2.75, 3.05) is 18.9 Å². The van der Waals surface area contributed by atoms with E-state index in [4.69, 9.17) is 16.3 Å². The maximum Gasteiger partial charge on any atom is 0.416 e. The van der Waals surface area contributed by atoms with Crippen LogP contribution < -0.4 is 9.46 Å². The molecule has 0 aliphatic rings. The third kappa shape index (κ3) is 4.64. The van der Waals surface area contributed by atoms with Crippen molar-refractivity contribution in [1.82, 2.24) is 0 Å². The van der Waals surface area contributed by atoms with Crippen molar-refractivity contribution < 1.29 is 35.9 Å². The third-order valence-corrected chi connectivity index (χ3v) is 5.27. The number of sulfonamides is 1. The SMILES string of the molecule is COC(=O)c1cc(OC)ccc1NS(=O)(=O)c1cc(C(F)(F)F)ccc1Cl. The van der Waals surface area contributed by atoms with Crippen LogP contribution in [0.3, 0.4) is 0 Å². The van der Waals surface area contributed by atoms with Crippen molar-refractivity contribution in [2.24, 2.45) is 0 Å². The van der Waals surface area contributed by atoms with Gasteiger partial charge in [-0.15, -0.1) is 0 Å². The van der Waals surface area contributed by atoms with Crippen molar-refractivity contribution in [3.63, 3.8) is 0 Å². The number of ether oxygens (including phenoxy) is 2. The number of hydrogen-bond donors (Lipinski definition) is 1. The fourth-order valence-corrected chi connectivity index (χ4v) is 3.71. The Balaban J connectivity index is 2.53. The van der Waals surface area contributed by atoms with Crippen LogP contribution in [0, 0.1) is 0 Å². The minimum absolute atomic E-state index is 0.191. The summed E-state index contributed by atoms with van der Waals surface area (Å²) in [6.45, 7) is 0. The summed E-state index contributed by atoms with van der Waals surface area (Å²) < 4.78 is 75.4. The molecule has 0 heterocycles. The number of carbonyl (C=O) groups excluding carboxylic acids is 1. The Labute approximate surface area is 157 Å². The normalized spacial score (nSPS) is 11.8. The summed E-state index contributed by atoms with van der Waals surface area (Å²) in [4.78, 5) is 11.1. The largest absolute Gasteiger partial charge is 0.497 e. The predicted molar refractivity (Wildman–Crippen MR) is 91.6 cm³/mol. The Kier molecular flexibility index (Phi) is 5.91. The van der Waals surface area contributed by atoms with Crippen LogP contribution in [0.15, 0.2) is 41.3 Å². The second kappa shape index (κ2) is 7.65. The van der Waals surface area contributed by atoms with E-state index in [1.807, 2.05) is 0 Å². The molecule has 0 saturated carbocycles. The van der Waals surface area contributed by atoms with Crippen LogP contribution in [0.1, 0.15) is 15.9 Å². The van der Waals surface area contributed by atoms with Gasteiger partial charge in [0.05, 0.1) is 36.1 Å². The van der Waals surface area contributed by atoms with Gasteiger partial charge in [0, 0.05) is 0 Å². The fraction of sp³-hybridized carbons (Fsp3) is 0.188. The Morgan fingerprint density at radius 1 is 1.11 bits per heavy atom. The highest BCUT2D eigenvalue weighted by atomic mass is 35.5. The molecule has 0 bridgehead atoms. The quantitative estimate of drug-likeness (QED) is 0.736. The smallest absolute Gasteiger partial charge is 0.416 e. The van der Waals surface area contributed by atoms with E-state index < -0.39 is 37.7 Å². The van der Waals surface area contributed by atoms with Gasteiger partial charge in [0.1, 0.15) is 10.6 Å². The Hall–Kier alpha value is -2.46. The van der Waals surface area contributed by atoms with Crippen LogP contribution in [0.25, 0.3) is 0 Å². The molecule has 146 valence electrons. The van der Waals surface area contributed by atoms with Crippen molar-refractivity contribution in [2.45, 2.75) is 11.1 Å². The second-order valence-corrected chi connectivity index (χ2v) is 7.21. The van der Waals surface area contributed by atoms with E-state index in [1.165, 1.54) is 25.3 Å². The summed E-state index contributed by atoms with van der Waals surface area (Å²) in [6, 6.07) is 5.69. The zero-order valence-electron chi connectivity index (χ0n) is 13.9. The van der Waals surface area contributed by atoms with Gasteiger partial charge in [0.25, 0.3) is 10.0 Å². The molecule has 0 radical (unpaired) electrons. The van der Waals surface area contributed by atoms with Gasteiger partial charge in [0.15, 0.2) is 0 Å². The summed E-state index contributed by atoms with van der Waals surface area (Å²) in [5, 5.41) is -0.413. The molecule has 2 aromatic carbocycles. The highest BCUT2D eigenvalue weighted by Gasteiger charge is 2.33. The van der Waals surface area contributed by atoms with Gasteiger partial charge < -0.3 is 9.47 Å². The van der Waals surface area contributed by atoms with E-state index in [0.29, 0.717) is 12.1 Å². The lowest BCUT2D eigenvalue weighted by Crippen LogP contribution is -2.17. The second-order valence-electron chi connectivity index (χ2n) is 5.15. The maximum atomic E-state index is 12.9. The molecule has 1 N–H and O–H groups in total. The molecule has 0 saturated heterocycles. The first-order valence-electron chi connectivity index (χ1n) is 7.15. The summed E-state index contributed by atoms with van der Waals surface area (Å²) >= 11 is 5.78. The van der Waals surface area contributed by atoms with Crippen LogP contribution >= 0.6 is 11.6 Å². The molecular formula is C16H13ClF3NO5S. The zero-order valence-corrected chi connectivity index (χ0v) is 15.5. The van der Waals surface area contributed by atoms with Crippen molar-refractivity contribution in [1.29, 1.82) is 0 Å². The van der Waals surface area contributed by atoms with E-state index in [9.17, 15) is 26.4 Å². The number of halogens is 4. The van der Waals surface area contributed by atoms with Gasteiger partial charge >= 0.3 is 12.1 Å². The first-order chi connectivity index (χ1) is 12.5. The average molecular weight is 424 g/mol. The maximum absolute atomic E-state index is 12.9. The molecule has 27 heavy (non-hydrogen) atoms. The minimum atomic E-state index is -4.76. The highest BCUT2D eigenvalue weighted by Crippen LogP contribution is 2.34. The monoisotopic (exact) mass is 423 g/mol.